The number of ketones is 1. The standard InChI is InChI=1S/C14H8BrClF2O/c15-9-3-1-8(2-4-9)5-14(19)10-6-13(18)11(16)7-12(10)17/h1-4,6-7H,5H2. The van der Waals surface area contributed by atoms with E-state index >= 15 is 0 Å². The summed E-state index contributed by atoms with van der Waals surface area (Å²) in [6.07, 6.45) is 0.00523. The minimum atomic E-state index is -0.812. The highest BCUT2D eigenvalue weighted by Gasteiger charge is 2.15. The summed E-state index contributed by atoms with van der Waals surface area (Å²) in [4.78, 5) is 11.9. The summed E-state index contributed by atoms with van der Waals surface area (Å²) >= 11 is 8.71. The van der Waals surface area contributed by atoms with Gasteiger partial charge in [0.2, 0.25) is 0 Å². The largest absolute Gasteiger partial charge is 0.294 e. The molecule has 0 fully saturated rings. The van der Waals surface area contributed by atoms with Crippen molar-refractivity contribution in [3.05, 3.63) is 68.7 Å². The van der Waals surface area contributed by atoms with Gasteiger partial charge in [0.1, 0.15) is 11.6 Å². The van der Waals surface area contributed by atoms with Gasteiger partial charge in [0.05, 0.1) is 10.6 Å². The molecule has 5 heteroatoms. The van der Waals surface area contributed by atoms with Crippen molar-refractivity contribution >= 4 is 33.3 Å². The Morgan fingerprint density at radius 3 is 2.37 bits per heavy atom. The van der Waals surface area contributed by atoms with Gasteiger partial charge in [-0.1, -0.05) is 39.7 Å². The van der Waals surface area contributed by atoms with E-state index in [0.29, 0.717) is 0 Å². The number of carbonyl (C=O) groups excluding carboxylic acids is 1. The van der Waals surface area contributed by atoms with Crippen LogP contribution < -0.4 is 0 Å². The third kappa shape index (κ3) is 3.39. The molecular formula is C14H8BrClF2O. The second kappa shape index (κ2) is 5.80. The highest BCUT2D eigenvalue weighted by molar-refractivity contribution is 9.10. The Labute approximate surface area is 122 Å². The van der Waals surface area contributed by atoms with Gasteiger partial charge in [-0.15, -0.1) is 0 Å². The minimum absolute atomic E-state index is 0.00523. The van der Waals surface area contributed by atoms with E-state index in [4.69, 9.17) is 11.6 Å². The summed E-state index contributed by atoms with van der Waals surface area (Å²) < 4.78 is 27.7. The van der Waals surface area contributed by atoms with Gasteiger partial charge in [-0.25, -0.2) is 8.78 Å². The normalized spacial score (nSPS) is 10.5. The Kier molecular flexibility index (Phi) is 4.32. The first-order valence-electron chi connectivity index (χ1n) is 5.39. The van der Waals surface area contributed by atoms with Crippen molar-refractivity contribution in [2.75, 3.05) is 0 Å². The van der Waals surface area contributed by atoms with E-state index in [1.165, 1.54) is 0 Å². The van der Waals surface area contributed by atoms with E-state index in [2.05, 4.69) is 15.9 Å². The highest BCUT2D eigenvalue weighted by atomic mass is 79.9. The van der Waals surface area contributed by atoms with Crippen LogP contribution in [0.4, 0.5) is 8.78 Å². The van der Waals surface area contributed by atoms with Crippen LogP contribution in [0, 0.1) is 11.6 Å². The first kappa shape index (κ1) is 14.2. The van der Waals surface area contributed by atoms with Crippen LogP contribution in [0.1, 0.15) is 15.9 Å². The maximum Gasteiger partial charge on any atom is 0.170 e. The fraction of sp³-hybridized carbons (Fsp3) is 0.0714. The average molecular weight is 346 g/mol. The molecule has 0 bridgehead atoms. The minimum Gasteiger partial charge on any atom is -0.294 e. The smallest absolute Gasteiger partial charge is 0.170 e. The monoisotopic (exact) mass is 344 g/mol. The van der Waals surface area contributed by atoms with Crippen LogP contribution in [0.25, 0.3) is 0 Å². The van der Waals surface area contributed by atoms with Crippen LogP contribution in [0.2, 0.25) is 5.02 Å². The van der Waals surface area contributed by atoms with E-state index in [0.717, 1.165) is 22.2 Å². The number of carbonyl (C=O) groups is 1. The number of Topliss-reactive ketones (excluding diaryl/α,β-unsaturated/α-hetero) is 1. The fourth-order valence-electron chi connectivity index (χ4n) is 1.62. The predicted molar refractivity (Wildman–Crippen MR) is 73.5 cm³/mol. The van der Waals surface area contributed by atoms with E-state index in [1.54, 1.807) is 24.3 Å². The first-order valence-corrected chi connectivity index (χ1v) is 6.56. The number of rotatable bonds is 3. The lowest BCUT2D eigenvalue weighted by Crippen LogP contribution is -2.07. The number of halogens is 4. The first-order chi connectivity index (χ1) is 8.97. The van der Waals surface area contributed by atoms with Crippen molar-refractivity contribution in [3.8, 4) is 0 Å². The van der Waals surface area contributed by atoms with Gasteiger partial charge in [-0.2, -0.15) is 0 Å². The summed E-state index contributed by atoms with van der Waals surface area (Å²) in [7, 11) is 0. The van der Waals surface area contributed by atoms with Gasteiger partial charge in [-0.3, -0.25) is 4.79 Å². The summed E-state index contributed by atoms with van der Waals surface area (Å²) in [5.74, 6) is -2.11. The van der Waals surface area contributed by atoms with E-state index < -0.39 is 17.4 Å². The van der Waals surface area contributed by atoms with Crippen molar-refractivity contribution in [3.63, 3.8) is 0 Å². The van der Waals surface area contributed by atoms with Gasteiger partial charge >= 0.3 is 0 Å². The number of benzene rings is 2. The summed E-state index contributed by atoms with van der Waals surface area (Å²) in [5.41, 5.74) is 0.438. The molecule has 0 aromatic heterocycles. The molecule has 0 saturated carbocycles. The molecule has 0 atom stereocenters. The van der Waals surface area contributed by atoms with Gasteiger partial charge in [-0.05, 0) is 29.8 Å². The number of hydrogen-bond acceptors (Lipinski definition) is 1. The molecular weight excluding hydrogens is 338 g/mol. The summed E-state index contributed by atoms with van der Waals surface area (Å²) in [6.45, 7) is 0. The van der Waals surface area contributed by atoms with E-state index in [-0.39, 0.29) is 17.0 Å². The average Bonchev–Trinajstić information content (AvgIpc) is 2.36. The Balaban J connectivity index is 2.25. The maximum atomic E-state index is 13.6. The second-order valence-corrected chi connectivity index (χ2v) is 5.30. The molecule has 98 valence electrons. The van der Waals surface area contributed by atoms with Crippen molar-refractivity contribution < 1.29 is 13.6 Å². The van der Waals surface area contributed by atoms with Crippen molar-refractivity contribution in [2.24, 2.45) is 0 Å². The molecule has 1 nitrogen and oxygen atoms in total. The fourth-order valence-corrected chi connectivity index (χ4v) is 2.03. The molecule has 0 spiro atoms. The third-order valence-corrected chi connectivity index (χ3v) is 3.41. The van der Waals surface area contributed by atoms with E-state index in [9.17, 15) is 13.6 Å². The molecule has 0 amide bonds. The van der Waals surface area contributed by atoms with Gasteiger partial charge in [0, 0.05) is 10.9 Å². The van der Waals surface area contributed by atoms with Crippen LogP contribution in [0.15, 0.2) is 40.9 Å². The quantitative estimate of drug-likeness (QED) is 0.576. The Bertz CT molecular complexity index is 626. The Morgan fingerprint density at radius 1 is 1.11 bits per heavy atom. The molecule has 0 N–H and O–H groups in total. The molecule has 0 radical (unpaired) electrons. The van der Waals surface area contributed by atoms with Gasteiger partial charge < -0.3 is 0 Å². The zero-order valence-corrected chi connectivity index (χ0v) is 11.9. The van der Waals surface area contributed by atoms with Crippen LogP contribution >= 0.6 is 27.5 Å². The molecule has 0 aliphatic heterocycles. The van der Waals surface area contributed by atoms with Crippen molar-refractivity contribution in [1.82, 2.24) is 0 Å². The van der Waals surface area contributed by atoms with Gasteiger partial charge in [0.25, 0.3) is 0 Å². The molecule has 19 heavy (non-hydrogen) atoms. The van der Waals surface area contributed by atoms with Gasteiger partial charge in [0.15, 0.2) is 5.78 Å². The SMILES string of the molecule is O=C(Cc1ccc(Br)cc1)c1cc(F)c(Cl)cc1F. The van der Waals surface area contributed by atoms with Crippen LogP contribution in [-0.4, -0.2) is 5.78 Å². The zero-order chi connectivity index (χ0) is 14.0. The molecule has 0 heterocycles. The number of hydrogen-bond donors (Lipinski definition) is 0. The molecule has 0 saturated heterocycles. The molecule has 2 aromatic rings. The summed E-state index contributed by atoms with van der Waals surface area (Å²) in [5, 5.41) is -0.335. The lowest BCUT2D eigenvalue weighted by molar-refractivity contribution is 0.0988. The molecule has 0 aliphatic rings. The lowest BCUT2D eigenvalue weighted by Gasteiger charge is -2.04. The van der Waals surface area contributed by atoms with Crippen molar-refractivity contribution in [1.29, 1.82) is 0 Å². The lowest BCUT2D eigenvalue weighted by atomic mass is 10.0. The zero-order valence-electron chi connectivity index (χ0n) is 9.59. The van der Waals surface area contributed by atoms with E-state index in [1.807, 2.05) is 0 Å². The molecule has 0 aliphatic carbocycles. The second-order valence-electron chi connectivity index (χ2n) is 3.97. The molecule has 0 unspecified atom stereocenters. The maximum absolute atomic E-state index is 13.6. The Morgan fingerprint density at radius 2 is 1.74 bits per heavy atom. The van der Waals surface area contributed by atoms with Crippen molar-refractivity contribution in [2.45, 2.75) is 6.42 Å². The Hall–Kier alpha value is -1.26. The predicted octanol–water partition coefficient (Wildman–Crippen LogP) is 4.81. The molecule has 2 aromatic carbocycles. The van der Waals surface area contributed by atoms with Crippen LogP contribution in [0.3, 0.4) is 0 Å². The topological polar surface area (TPSA) is 17.1 Å². The summed E-state index contributed by atoms with van der Waals surface area (Å²) in [6, 6.07) is 8.69. The molecule has 2 rings (SSSR count). The van der Waals surface area contributed by atoms with Crippen LogP contribution in [0.5, 0.6) is 0 Å². The van der Waals surface area contributed by atoms with Crippen LogP contribution in [-0.2, 0) is 6.42 Å². The highest BCUT2D eigenvalue weighted by Crippen LogP contribution is 2.21. The third-order valence-electron chi connectivity index (χ3n) is 2.59.